The Hall–Kier alpha value is -3.23. The Bertz CT molecular complexity index is 874. The number of nitro groups is 1. The van der Waals surface area contributed by atoms with Crippen molar-refractivity contribution in [3.8, 4) is 11.5 Å². The molecule has 0 radical (unpaired) electrons. The Labute approximate surface area is 160 Å². The summed E-state index contributed by atoms with van der Waals surface area (Å²) in [4.78, 5) is 23.1. The third kappa shape index (κ3) is 5.15. The van der Waals surface area contributed by atoms with Crippen molar-refractivity contribution >= 4 is 17.3 Å². The number of rotatable bonds is 9. The SMILES string of the molecule is CCCOc1cc(NC(=O)c2ccc(F)cc2F)c([N+](=O)[O-])cc1OCCC. The molecule has 0 bridgehead atoms. The summed E-state index contributed by atoms with van der Waals surface area (Å²) >= 11 is 0. The number of carbonyl (C=O) groups excluding carboxylic acids is 1. The van der Waals surface area contributed by atoms with Crippen LogP contribution in [-0.4, -0.2) is 24.0 Å². The summed E-state index contributed by atoms with van der Waals surface area (Å²) in [7, 11) is 0. The van der Waals surface area contributed by atoms with E-state index >= 15 is 0 Å². The van der Waals surface area contributed by atoms with E-state index in [0.29, 0.717) is 32.1 Å². The van der Waals surface area contributed by atoms with Crippen LogP contribution >= 0.6 is 0 Å². The van der Waals surface area contributed by atoms with Crippen molar-refractivity contribution in [1.82, 2.24) is 0 Å². The molecular weight excluding hydrogens is 374 g/mol. The first-order valence-corrected chi connectivity index (χ1v) is 8.71. The van der Waals surface area contributed by atoms with E-state index in [9.17, 15) is 23.7 Å². The van der Waals surface area contributed by atoms with Crippen LogP contribution in [0.15, 0.2) is 30.3 Å². The van der Waals surface area contributed by atoms with Crippen molar-refractivity contribution < 1.29 is 28.0 Å². The average Bonchev–Trinajstić information content (AvgIpc) is 2.64. The lowest BCUT2D eigenvalue weighted by Gasteiger charge is -2.14. The highest BCUT2D eigenvalue weighted by atomic mass is 19.1. The predicted molar refractivity (Wildman–Crippen MR) is 99.0 cm³/mol. The summed E-state index contributed by atoms with van der Waals surface area (Å²) in [5.41, 5.74) is -1.07. The smallest absolute Gasteiger partial charge is 0.296 e. The van der Waals surface area contributed by atoms with Gasteiger partial charge in [-0.3, -0.25) is 14.9 Å². The third-order valence-corrected chi connectivity index (χ3v) is 3.61. The minimum atomic E-state index is -1.08. The summed E-state index contributed by atoms with van der Waals surface area (Å²) in [5.74, 6) is -2.48. The minimum Gasteiger partial charge on any atom is -0.490 e. The molecule has 2 aromatic carbocycles. The number of nitrogens with zero attached hydrogens (tertiary/aromatic N) is 1. The molecule has 0 heterocycles. The Balaban J connectivity index is 2.42. The fraction of sp³-hybridized carbons (Fsp3) is 0.316. The number of anilines is 1. The molecule has 0 saturated heterocycles. The molecule has 0 aromatic heterocycles. The summed E-state index contributed by atoms with van der Waals surface area (Å²) in [6.07, 6.45) is 1.37. The number of nitrogens with one attached hydrogen (secondary N) is 1. The molecule has 9 heteroatoms. The summed E-state index contributed by atoms with van der Waals surface area (Å²) in [6, 6.07) is 4.85. The van der Waals surface area contributed by atoms with Crippen LogP contribution in [-0.2, 0) is 0 Å². The van der Waals surface area contributed by atoms with E-state index in [-0.39, 0.29) is 17.2 Å². The van der Waals surface area contributed by atoms with Crippen LogP contribution in [0.2, 0.25) is 0 Å². The highest BCUT2D eigenvalue weighted by Crippen LogP contribution is 2.38. The molecular formula is C19H20F2N2O5. The lowest BCUT2D eigenvalue weighted by Crippen LogP contribution is -2.15. The van der Waals surface area contributed by atoms with Crippen molar-refractivity contribution in [2.75, 3.05) is 18.5 Å². The zero-order valence-electron chi connectivity index (χ0n) is 15.5. The van der Waals surface area contributed by atoms with E-state index < -0.39 is 33.7 Å². The molecule has 1 amide bonds. The van der Waals surface area contributed by atoms with Gasteiger partial charge in [0.05, 0.1) is 29.8 Å². The summed E-state index contributed by atoms with van der Waals surface area (Å²) in [5, 5.41) is 13.7. The number of hydrogen-bond acceptors (Lipinski definition) is 5. The zero-order chi connectivity index (χ0) is 20.7. The maximum Gasteiger partial charge on any atom is 0.296 e. The summed E-state index contributed by atoms with van der Waals surface area (Å²) in [6.45, 7) is 4.43. The lowest BCUT2D eigenvalue weighted by atomic mass is 10.1. The van der Waals surface area contributed by atoms with Crippen LogP contribution in [0, 0.1) is 21.7 Å². The molecule has 0 aliphatic rings. The van der Waals surface area contributed by atoms with Crippen LogP contribution < -0.4 is 14.8 Å². The Morgan fingerprint density at radius 3 is 2.21 bits per heavy atom. The monoisotopic (exact) mass is 394 g/mol. The van der Waals surface area contributed by atoms with Crippen molar-refractivity contribution in [3.63, 3.8) is 0 Å². The molecule has 7 nitrogen and oxygen atoms in total. The third-order valence-electron chi connectivity index (χ3n) is 3.61. The highest BCUT2D eigenvalue weighted by Gasteiger charge is 2.23. The van der Waals surface area contributed by atoms with Gasteiger partial charge in [0.2, 0.25) is 0 Å². The maximum atomic E-state index is 13.8. The van der Waals surface area contributed by atoms with Gasteiger partial charge in [-0.05, 0) is 25.0 Å². The van der Waals surface area contributed by atoms with Crippen LogP contribution in [0.3, 0.4) is 0 Å². The minimum absolute atomic E-state index is 0.174. The van der Waals surface area contributed by atoms with E-state index in [1.807, 2.05) is 13.8 Å². The van der Waals surface area contributed by atoms with Crippen LogP contribution in [0.5, 0.6) is 11.5 Å². The number of carbonyl (C=O) groups is 1. The van der Waals surface area contributed by atoms with Crippen LogP contribution in [0.25, 0.3) is 0 Å². The second-order valence-electron chi connectivity index (χ2n) is 5.85. The molecule has 0 aliphatic heterocycles. The molecule has 28 heavy (non-hydrogen) atoms. The quantitative estimate of drug-likeness (QED) is 0.492. The van der Waals surface area contributed by atoms with E-state index in [0.717, 1.165) is 18.2 Å². The fourth-order valence-corrected chi connectivity index (χ4v) is 2.31. The van der Waals surface area contributed by atoms with E-state index in [2.05, 4.69) is 5.32 Å². The summed E-state index contributed by atoms with van der Waals surface area (Å²) < 4.78 is 37.9. The Morgan fingerprint density at radius 2 is 1.68 bits per heavy atom. The van der Waals surface area contributed by atoms with Gasteiger partial charge in [-0.15, -0.1) is 0 Å². The molecule has 0 aliphatic carbocycles. The molecule has 0 spiro atoms. The Morgan fingerprint density at radius 1 is 1.07 bits per heavy atom. The number of benzene rings is 2. The van der Waals surface area contributed by atoms with E-state index in [4.69, 9.17) is 9.47 Å². The molecule has 150 valence electrons. The lowest BCUT2D eigenvalue weighted by molar-refractivity contribution is -0.384. The van der Waals surface area contributed by atoms with Crippen LogP contribution in [0.4, 0.5) is 20.2 Å². The van der Waals surface area contributed by atoms with Gasteiger partial charge in [-0.25, -0.2) is 8.78 Å². The van der Waals surface area contributed by atoms with Gasteiger partial charge in [-0.2, -0.15) is 0 Å². The maximum absolute atomic E-state index is 13.8. The molecule has 0 saturated carbocycles. The van der Waals surface area contributed by atoms with Crippen molar-refractivity contribution in [3.05, 3.63) is 57.6 Å². The standard InChI is InChI=1S/C19H20F2N2O5/c1-3-7-27-17-10-15(16(23(25)26)11-18(17)28-8-4-2)22-19(24)13-6-5-12(20)9-14(13)21/h5-6,9-11H,3-4,7-8H2,1-2H3,(H,22,24). The first-order chi connectivity index (χ1) is 13.4. The predicted octanol–water partition coefficient (Wildman–Crippen LogP) is 4.70. The van der Waals surface area contributed by atoms with Gasteiger partial charge in [-0.1, -0.05) is 13.8 Å². The van der Waals surface area contributed by atoms with Gasteiger partial charge in [0.1, 0.15) is 17.3 Å². The van der Waals surface area contributed by atoms with E-state index in [1.165, 1.54) is 6.07 Å². The van der Waals surface area contributed by atoms with Gasteiger partial charge < -0.3 is 14.8 Å². The van der Waals surface area contributed by atoms with Crippen molar-refractivity contribution in [2.24, 2.45) is 0 Å². The molecule has 1 N–H and O–H groups in total. The number of halogens is 2. The number of ether oxygens (including phenoxy) is 2. The Kier molecular flexibility index (Phi) is 7.25. The molecule has 2 rings (SSSR count). The van der Waals surface area contributed by atoms with Gasteiger partial charge >= 0.3 is 0 Å². The number of amides is 1. The average molecular weight is 394 g/mol. The zero-order valence-corrected chi connectivity index (χ0v) is 15.5. The molecule has 0 unspecified atom stereocenters. The first kappa shape index (κ1) is 21.1. The second-order valence-corrected chi connectivity index (χ2v) is 5.85. The molecule has 2 aromatic rings. The topological polar surface area (TPSA) is 90.7 Å². The van der Waals surface area contributed by atoms with Gasteiger partial charge in [0, 0.05) is 12.1 Å². The van der Waals surface area contributed by atoms with Crippen molar-refractivity contribution in [1.29, 1.82) is 0 Å². The van der Waals surface area contributed by atoms with Gasteiger partial charge in [0.25, 0.3) is 11.6 Å². The molecule has 0 fully saturated rings. The van der Waals surface area contributed by atoms with E-state index in [1.54, 1.807) is 0 Å². The fourth-order valence-electron chi connectivity index (χ4n) is 2.31. The number of nitro benzene ring substituents is 1. The normalized spacial score (nSPS) is 10.4. The van der Waals surface area contributed by atoms with Crippen molar-refractivity contribution in [2.45, 2.75) is 26.7 Å². The second kappa shape index (κ2) is 9.63. The highest BCUT2D eigenvalue weighted by molar-refractivity contribution is 6.05. The van der Waals surface area contributed by atoms with Crippen LogP contribution in [0.1, 0.15) is 37.0 Å². The largest absolute Gasteiger partial charge is 0.490 e. The molecule has 0 atom stereocenters. The van der Waals surface area contributed by atoms with Gasteiger partial charge in [0.15, 0.2) is 11.5 Å². The first-order valence-electron chi connectivity index (χ1n) is 8.71. The number of hydrogen-bond donors (Lipinski definition) is 1.